The second-order valence-corrected chi connectivity index (χ2v) is 5.10. The number of aromatic nitrogens is 1. The molecule has 0 aliphatic carbocycles. The number of hydrogen-bond donors (Lipinski definition) is 2. The topological polar surface area (TPSA) is 79.2 Å². The molecule has 98 valence electrons. The molecule has 2 rings (SSSR count). The van der Waals surface area contributed by atoms with Crippen LogP contribution in [0.1, 0.15) is 35.7 Å². The molecule has 3 N–H and O–H groups in total. The van der Waals surface area contributed by atoms with E-state index in [1.807, 2.05) is 0 Å². The number of pyridine rings is 1. The minimum atomic E-state index is -0.676. The summed E-state index contributed by atoms with van der Waals surface area (Å²) in [6.07, 6.45) is 4.13. The van der Waals surface area contributed by atoms with Gasteiger partial charge in [-0.1, -0.05) is 6.92 Å². The van der Waals surface area contributed by atoms with Crippen LogP contribution in [-0.2, 0) is 6.54 Å². The van der Waals surface area contributed by atoms with Crippen molar-refractivity contribution >= 4 is 5.91 Å². The van der Waals surface area contributed by atoms with Gasteiger partial charge in [-0.2, -0.15) is 0 Å². The number of hydrogen-bond acceptors (Lipinski definition) is 3. The summed E-state index contributed by atoms with van der Waals surface area (Å²) in [5.41, 5.74) is 5.72. The Morgan fingerprint density at radius 2 is 2.39 bits per heavy atom. The van der Waals surface area contributed by atoms with Gasteiger partial charge in [0.2, 0.25) is 0 Å². The third-order valence-corrected chi connectivity index (χ3v) is 3.38. The number of primary amides is 1. The van der Waals surface area contributed by atoms with Gasteiger partial charge in [0.1, 0.15) is 5.56 Å². The lowest BCUT2D eigenvalue weighted by molar-refractivity contribution is 0.0998. The van der Waals surface area contributed by atoms with Gasteiger partial charge in [0.05, 0.1) is 0 Å². The molecular weight excluding hydrogens is 230 g/mol. The Morgan fingerprint density at radius 3 is 3.06 bits per heavy atom. The van der Waals surface area contributed by atoms with Gasteiger partial charge >= 0.3 is 0 Å². The first kappa shape index (κ1) is 12.8. The summed E-state index contributed by atoms with van der Waals surface area (Å²) in [5.74, 6) is 0.0298. The number of nitrogens with two attached hydrogens (primary N) is 1. The van der Waals surface area contributed by atoms with Gasteiger partial charge in [-0.25, -0.2) is 0 Å². The Labute approximate surface area is 106 Å². The van der Waals surface area contributed by atoms with Gasteiger partial charge in [-0.05, 0) is 36.9 Å². The second-order valence-electron chi connectivity index (χ2n) is 5.10. The molecule has 18 heavy (non-hydrogen) atoms. The van der Waals surface area contributed by atoms with E-state index >= 15 is 0 Å². The summed E-state index contributed by atoms with van der Waals surface area (Å²) < 4.78 is 0. The predicted octanol–water partition coefficient (Wildman–Crippen LogP) is 0.706. The van der Waals surface area contributed by atoms with Crippen molar-refractivity contribution in [1.82, 2.24) is 9.88 Å². The molecule has 0 radical (unpaired) electrons. The fourth-order valence-corrected chi connectivity index (χ4v) is 2.49. The van der Waals surface area contributed by atoms with E-state index in [1.54, 1.807) is 12.3 Å². The summed E-state index contributed by atoms with van der Waals surface area (Å²) in [6.45, 7) is 5.12. The fraction of sp³-hybridized carbons (Fsp3) is 0.538. The minimum Gasteiger partial charge on any atom is -0.365 e. The first-order valence-corrected chi connectivity index (χ1v) is 6.30. The van der Waals surface area contributed by atoms with Gasteiger partial charge in [-0.3, -0.25) is 14.5 Å². The number of nitrogens with one attached hydrogen (secondary N) is 1. The van der Waals surface area contributed by atoms with Crippen molar-refractivity contribution < 1.29 is 4.79 Å². The number of nitrogens with zero attached hydrogens (tertiary/aromatic N) is 1. The molecule has 1 aliphatic rings. The highest BCUT2D eigenvalue weighted by Crippen LogP contribution is 2.17. The monoisotopic (exact) mass is 249 g/mol. The van der Waals surface area contributed by atoms with Crippen molar-refractivity contribution in [3.8, 4) is 0 Å². The summed E-state index contributed by atoms with van der Waals surface area (Å²) >= 11 is 0. The van der Waals surface area contributed by atoms with E-state index in [9.17, 15) is 9.59 Å². The van der Waals surface area contributed by atoms with E-state index in [-0.39, 0.29) is 5.56 Å². The molecular formula is C13H19N3O2. The smallest absolute Gasteiger partial charge is 0.260 e. The quantitative estimate of drug-likeness (QED) is 0.827. The summed E-state index contributed by atoms with van der Waals surface area (Å²) in [5, 5.41) is 0. The summed E-state index contributed by atoms with van der Waals surface area (Å²) in [7, 11) is 0. The zero-order valence-corrected chi connectivity index (χ0v) is 10.6. The van der Waals surface area contributed by atoms with Gasteiger partial charge in [0, 0.05) is 19.3 Å². The van der Waals surface area contributed by atoms with Crippen molar-refractivity contribution in [2.45, 2.75) is 26.3 Å². The highest BCUT2D eigenvalue weighted by Gasteiger charge is 2.17. The fourth-order valence-electron chi connectivity index (χ4n) is 2.49. The Bertz CT molecular complexity index is 495. The molecule has 1 aliphatic heterocycles. The van der Waals surface area contributed by atoms with Gasteiger partial charge < -0.3 is 10.7 Å². The van der Waals surface area contributed by atoms with Crippen LogP contribution in [0.5, 0.6) is 0 Å². The zero-order valence-electron chi connectivity index (χ0n) is 10.6. The van der Waals surface area contributed by atoms with Crippen molar-refractivity contribution in [2.24, 2.45) is 11.7 Å². The number of aromatic amines is 1. The van der Waals surface area contributed by atoms with E-state index in [1.165, 1.54) is 12.8 Å². The third kappa shape index (κ3) is 2.98. The van der Waals surface area contributed by atoms with E-state index < -0.39 is 11.5 Å². The Morgan fingerprint density at radius 1 is 1.61 bits per heavy atom. The Hall–Kier alpha value is -1.62. The van der Waals surface area contributed by atoms with Crippen LogP contribution in [0.25, 0.3) is 0 Å². The van der Waals surface area contributed by atoms with Crippen LogP contribution in [0.4, 0.5) is 0 Å². The Kier molecular flexibility index (Phi) is 3.81. The molecule has 2 heterocycles. The van der Waals surface area contributed by atoms with E-state index in [0.29, 0.717) is 5.92 Å². The van der Waals surface area contributed by atoms with Crippen LogP contribution in [0.2, 0.25) is 0 Å². The van der Waals surface area contributed by atoms with Crippen LogP contribution in [0.3, 0.4) is 0 Å². The minimum absolute atomic E-state index is 0.0394. The SMILES string of the molecule is CC1CCCN(Cc2c[nH]c(=O)c(C(N)=O)c2)C1. The summed E-state index contributed by atoms with van der Waals surface area (Å²) in [6, 6.07) is 1.60. The van der Waals surface area contributed by atoms with Crippen LogP contribution in [-0.4, -0.2) is 28.9 Å². The predicted molar refractivity (Wildman–Crippen MR) is 69.3 cm³/mol. The molecule has 1 unspecified atom stereocenters. The lowest BCUT2D eigenvalue weighted by Gasteiger charge is -2.30. The van der Waals surface area contributed by atoms with Crippen LogP contribution in [0.15, 0.2) is 17.1 Å². The average molecular weight is 249 g/mol. The summed E-state index contributed by atoms with van der Waals surface area (Å²) in [4.78, 5) is 27.4. The first-order valence-electron chi connectivity index (χ1n) is 6.30. The number of likely N-dealkylation sites (tertiary alicyclic amines) is 1. The van der Waals surface area contributed by atoms with Crippen LogP contribution >= 0.6 is 0 Å². The number of H-pyrrole nitrogens is 1. The van der Waals surface area contributed by atoms with Crippen molar-refractivity contribution in [2.75, 3.05) is 13.1 Å². The molecule has 0 spiro atoms. The number of carbonyl (C=O) groups excluding carboxylic acids is 1. The molecule has 0 aromatic carbocycles. The van der Waals surface area contributed by atoms with E-state index in [0.717, 1.165) is 25.2 Å². The normalized spacial score (nSPS) is 20.8. The van der Waals surface area contributed by atoms with Crippen LogP contribution in [0, 0.1) is 5.92 Å². The molecule has 1 aromatic heterocycles. The van der Waals surface area contributed by atoms with Gasteiger partial charge in [0.25, 0.3) is 11.5 Å². The maximum absolute atomic E-state index is 11.4. The standard InChI is InChI=1S/C13H19N3O2/c1-9-3-2-4-16(7-9)8-10-5-11(12(14)17)13(18)15-6-10/h5-6,9H,2-4,7-8H2,1H3,(H2,14,17)(H,15,18). The van der Waals surface area contributed by atoms with Gasteiger partial charge in [-0.15, -0.1) is 0 Å². The highest BCUT2D eigenvalue weighted by molar-refractivity contribution is 5.92. The molecule has 0 bridgehead atoms. The molecule has 5 heteroatoms. The zero-order chi connectivity index (χ0) is 13.1. The third-order valence-electron chi connectivity index (χ3n) is 3.38. The molecule has 1 atom stereocenters. The average Bonchev–Trinajstić information content (AvgIpc) is 2.31. The number of carbonyl (C=O) groups is 1. The highest BCUT2D eigenvalue weighted by atomic mass is 16.2. The number of amides is 1. The van der Waals surface area contributed by atoms with E-state index in [2.05, 4.69) is 16.8 Å². The molecule has 1 fully saturated rings. The van der Waals surface area contributed by atoms with Crippen LogP contribution < -0.4 is 11.3 Å². The molecule has 1 aromatic rings. The lowest BCUT2D eigenvalue weighted by atomic mass is 10.00. The molecule has 0 saturated carbocycles. The van der Waals surface area contributed by atoms with E-state index in [4.69, 9.17) is 5.73 Å². The maximum Gasteiger partial charge on any atom is 0.260 e. The number of rotatable bonds is 3. The molecule has 5 nitrogen and oxygen atoms in total. The first-order chi connectivity index (χ1) is 8.56. The number of piperidine rings is 1. The molecule has 1 saturated heterocycles. The van der Waals surface area contributed by atoms with Crippen molar-refractivity contribution in [1.29, 1.82) is 0 Å². The van der Waals surface area contributed by atoms with Crippen molar-refractivity contribution in [3.63, 3.8) is 0 Å². The molecule has 1 amide bonds. The van der Waals surface area contributed by atoms with Gasteiger partial charge in [0.15, 0.2) is 0 Å². The Balaban J connectivity index is 2.12. The maximum atomic E-state index is 11.4. The largest absolute Gasteiger partial charge is 0.365 e. The van der Waals surface area contributed by atoms with Crippen molar-refractivity contribution in [3.05, 3.63) is 33.7 Å². The second kappa shape index (κ2) is 5.35. The lowest BCUT2D eigenvalue weighted by Crippen LogP contribution is -2.34.